The van der Waals surface area contributed by atoms with Gasteiger partial charge in [-0.05, 0) is 61.0 Å². The predicted octanol–water partition coefficient (Wildman–Crippen LogP) is 4.49. The number of rotatable bonds is 4. The van der Waals surface area contributed by atoms with Gasteiger partial charge in [0.15, 0.2) is 0 Å². The molecule has 0 radical (unpaired) electrons. The van der Waals surface area contributed by atoms with Crippen LogP contribution in [0.15, 0.2) is 54.0 Å². The first-order valence-corrected chi connectivity index (χ1v) is 8.44. The first-order valence-electron chi connectivity index (χ1n) is 7.56. The number of thiazole rings is 1. The summed E-state index contributed by atoms with van der Waals surface area (Å²) in [5.74, 6) is 1.70. The van der Waals surface area contributed by atoms with Crippen LogP contribution in [0.25, 0.3) is 21.7 Å². The standard InChI is InChI=1S/C17H15NO2S.C2H6O/c1-19-14-7-3-12(4-8-14)16-17(21-11-18-16)13-5-9-15(20-2)10-6-13;1-2-3/h3-11H,1-2H3;3H,2H2,1H3. The molecule has 5 heteroatoms. The topological polar surface area (TPSA) is 51.6 Å². The number of aliphatic hydroxyl groups is 1. The van der Waals surface area contributed by atoms with E-state index in [4.69, 9.17) is 14.6 Å². The van der Waals surface area contributed by atoms with Crippen molar-refractivity contribution in [2.45, 2.75) is 6.92 Å². The summed E-state index contributed by atoms with van der Waals surface area (Å²) in [5, 5.41) is 7.57. The second-order valence-electron chi connectivity index (χ2n) is 4.80. The van der Waals surface area contributed by atoms with Gasteiger partial charge in [0.2, 0.25) is 0 Å². The number of hydrogen-bond acceptors (Lipinski definition) is 5. The Morgan fingerprint density at radius 3 is 1.79 bits per heavy atom. The monoisotopic (exact) mass is 343 g/mol. The Morgan fingerprint density at radius 1 is 0.875 bits per heavy atom. The minimum absolute atomic E-state index is 0.250. The molecule has 0 spiro atoms. The number of aromatic nitrogens is 1. The number of nitrogens with zero attached hydrogens (tertiary/aromatic N) is 1. The predicted molar refractivity (Wildman–Crippen MR) is 98.8 cm³/mol. The van der Waals surface area contributed by atoms with E-state index in [1.54, 1.807) is 32.5 Å². The molecule has 2 aromatic carbocycles. The molecule has 126 valence electrons. The molecule has 0 bridgehead atoms. The average Bonchev–Trinajstić information content (AvgIpc) is 3.12. The molecule has 24 heavy (non-hydrogen) atoms. The molecule has 1 heterocycles. The Bertz CT molecular complexity index is 674. The molecule has 0 amide bonds. The minimum atomic E-state index is 0.250. The summed E-state index contributed by atoms with van der Waals surface area (Å²) in [6, 6.07) is 16.0. The van der Waals surface area contributed by atoms with E-state index >= 15 is 0 Å². The van der Waals surface area contributed by atoms with Gasteiger partial charge in [0.25, 0.3) is 0 Å². The fourth-order valence-electron chi connectivity index (χ4n) is 2.15. The second kappa shape index (κ2) is 9.05. The maximum Gasteiger partial charge on any atom is 0.118 e. The van der Waals surface area contributed by atoms with E-state index in [2.05, 4.69) is 17.1 Å². The summed E-state index contributed by atoms with van der Waals surface area (Å²) in [4.78, 5) is 5.66. The number of hydrogen-bond donors (Lipinski definition) is 1. The van der Waals surface area contributed by atoms with Crippen molar-refractivity contribution in [2.24, 2.45) is 0 Å². The van der Waals surface area contributed by atoms with E-state index in [1.807, 2.05) is 41.9 Å². The van der Waals surface area contributed by atoms with Crippen molar-refractivity contribution in [1.82, 2.24) is 4.98 Å². The third-order valence-electron chi connectivity index (χ3n) is 3.28. The van der Waals surface area contributed by atoms with E-state index in [9.17, 15) is 0 Å². The Labute approximate surface area is 146 Å². The fourth-order valence-corrected chi connectivity index (χ4v) is 2.97. The highest BCUT2D eigenvalue weighted by molar-refractivity contribution is 7.13. The van der Waals surface area contributed by atoms with Crippen molar-refractivity contribution in [2.75, 3.05) is 20.8 Å². The van der Waals surface area contributed by atoms with Crippen molar-refractivity contribution in [3.8, 4) is 33.2 Å². The van der Waals surface area contributed by atoms with Crippen LogP contribution in [0.2, 0.25) is 0 Å². The smallest absolute Gasteiger partial charge is 0.118 e. The third kappa shape index (κ3) is 4.34. The summed E-state index contributed by atoms with van der Waals surface area (Å²) in [6.45, 7) is 1.93. The van der Waals surface area contributed by atoms with Crippen LogP contribution >= 0.6 is 11.3 Å². The molecule has 0 saturated carbocycles. The zero-order valence-electron chi connectivity index (χ0n) is 14.0. The van der Waals surface area contributed by atoms with Crippen molar-refractivity contribution in [3.63, 3.8) is 0 Å². The highest BCUT2D eigenvalue weighted by atomic mass is 32.1. The van der Waals surface area contributed by atoms with Crippen LogP contribution in [-0.4, -0.2) is 30.9 Å². The number of ether oxygens (including phenoxy) is 2. The molecule has 0 saturated heterocycles. The van der Waals surface area contributed by atoms with Crippen LogP contribution in [-0.2, 0) is 0 Å². The zero-order valence-corrected chi connectivity index (χ0v) is 14.8. The maximum absolute atomic E-state index is 7.57. The Hall–Kier alpha value is -2.37. The fraction of sp³-hybridized carbons (Fsp3) is 0.211. The molecule has 0 aliphatic heterocycles. The van der Waals surface area contributed by atoms with E-state index in [0.29, 0.717) is 0 Å². The molecule has 1 N–H and O–H groups in total. The van der Waals surface area contributed by atoms with Crippen LogP contribution in [0.1, 0.15) is 6.92 Å². The summed E-state index contributed by atoms with van der Waals surface area (Å²) in [5.41, 5.74) is 5.10. The first kappa shape index (κ1) is 18.0. The molecular weight excluding hydrogens is 322 g/mol. The molecule has 0 fully saturated rings. The normalized spacial score (nSPS) is 9.83. The molecule has 3 aromatic rings. The maximum atomic E-state index is 7.57. The highest BCUT2D eigenvalue weighted by Crippen LogP contribution is 2.35. The highest BCUT2D eigenvalue weighted by Gasteiger charge is 2.11. The van der Waals surface area contributed by atoms with Gasteiger partial charge in [-0.25, -0.2) is 4.98 Å². The molecule has 0 aliphatic rings. The molecule has 0 atom stereocenters. The van der Waals surface area contributed by atoms with Crippen molar-refractivity contribution in [3.05, 3.63) is 54.0 Å². The number of benzene rings is 2. The number of methoxy groups -OCH3 is 2. The van der Waals surface area contributed by atoms with Crippen LogP contribution in [0, 0.1) is 0 Å². The van der Waals surface area contributed by atoms with Crippen molar-refractivity contribution >= 4 is 11.3 Å². The van der Waals surface area contributed by atoms with Gasteiger partial charge in [-0.2, -0.15) is 0 Å². The third-order valence-corrected chi connectivity index (χ3v) is 4.16. The van der Waals surface area contributed by atoms with Gasteiger partial charge in [0, 0.05) is 12.2 Å². The molecule has 1 aromatic heterocycles. The lowest BCUT2D eigenvalue weighted by Gasteiger charge is -2.05. The summed E-state index contributed by atoms with van der Waals surface area (Å²) >= 11 is 1.64. The first-order chi connectivity index (χ1) is 11.7. The average molecular weight is 343 g/mol. The van der Waals surface area contributed by atoms with E-state index in [1.165, 1.54) is 0 Å². The van der Waals surface area contributed by atoms with E-state index < -0.39 is 0 Å². The lowest BCUT2D eigenvalue weighted by atomic mass is 10.1. The SMILES string of the molecule is CCO.COc1ccc(-c2ncsc2-c2ccc(OC)cc2)cc1. The van der Waals surface area contributed by atoms with E-state index in [0.717, 1.165) is 33.2 Å². The van der Waals surface area contributed by atoms with Gasteiger partial charge in [0.1, 0.15) is 11.5 Å². The van der Waals surface area contributed by atoms with Gasteiger partial charge in [-0.15, -0.1) is 11.3 Å². The largest absolute Gasteiger partial charge is 0.497 e. The molecule has 0 aliphatic carbocycles. The van der Waals surface area contributed by atoms with Crippen molar-refractivity contribution < 1.29 is 14.6 Å². The number of aliphatic hydroxyl groups excluding tert-OH is 1. The molecular formula is C19H21NO3S. The van der Waals surface area contributed by atoms with Crippen LogP contribution < -0.4 is 9.47 Å². The van der Waals surface area contributed by atoms with Gasteiger partial charge in [-0.1, -0.05) is 0 Å². The Balaban J connectivity index is 0.000000647. The van der Waals surface area contributed by atoms with Crippen LogP contribution in [0.3, 0.4) is 0 Å². The van der Waals surface area contributed by atoms with Crippen molar-refractivity contribution in [1.29, 1.82) is 0 Å². The van der Waals surface area contributed by atoms with Gasteiger partial charge in [-0.3, -0.25) is 0 Å². The summed E-state index contributed by atoms with van der Waals surface area (Å²) in [6.07, 6.45) is 0. The van der Waals surface area contributed by atoms with Crippen LogP contribution in [0.4, 0.5) is 0 Å². The summed E-state index contributed by atoms with van der Waals surface area (Å²) in [7, 11) is 3.34. The summed E-state index contributed by atoms with van der Waals surface area (Å²) < 4.78 is 10.4. The molecule has 4 nitrogen and oxygen atoms in total. The Morgan fingerprint density at radius 2 is 1.33 bits per heavy atom. The van der Waals surface area contributed by atoms with Gasteiger partial charge < -0.3 is 14.6 Å². The Kier molecular flexibility index (Phi) is 6.78. The second-order valence-corrected chi connectivity index (χ2v) is 5.66. The lowest BCUT2D eigenvalue weighted by molar-refractivity contribution is 0.318. The van der Waals surface area contributed by atoms with Gasteiger partial charge in [0.05, 0.1) is 30.3 Å². The van der Waals surface area contributed by atoms with Crippen LogP contribution in [0.5, 0.6) is 11.5 Å². The molecule has 3 rings (SSSR count). The molecule has 0 unspecified atom stereocenters. The lowest BCUT2D eigenvalue weighted by Crippen LogP contribution is -1.85. The van der Waals surface area contributed by atoms with Gasteiger partial charge >= 0.3 is 0 Å². The zero-order chi connectivity index (χ0) is 17.4. The quantitative estimate of drug-likeness (QED) is 0.758. The van der Waals surface area contributed by atoms with E-state index in [-0.39, 0.29) is 6.61 Å². The minimum Gasteiger partial charge on any atom is -0.497 e.